The van der Waals surface area contributed by atoms with Crippen molar-refractivity contribution in [1.82, 2.24) is 19.5 Å². The molecule has 0 spiro atoms. The molecule has 23 heavy (non-hydrogen) atoms. The second-order valence-electron chi connectivity index (χ2n) is 5.86. The highest BCUT2D eigenvalue weighted by atomic mass is 16.4. The van der Waals surface area contributed by atoms with E-state index in [1.807, 2.05) is 0 Å². The van der Waals surface area contributed by atoms with Crippen molar-refractivity contribution < 1.29 is 14.7 Å². The molecular weight excluding hydrogens is 300 g/mol. The molecule has 0 bridgehead atoms. The Kier molecular flexibility index (Phi) is 3.67. The van der Waals surface area contributed by atoms with E-state index in [2.05, 4.69) is 10.1 Å². The minimum atomic E-state index is -1.04. The first-order valence-corrected chi connectivity index (χ1v) is 7.49. The highest BCUT2D eigenvalue weighted by molar-refractivity contribution is 5.85. The molecule has 1 atom stereocenters. The van der Waals surface area contributed by atoms with Gasteiger partial charge in [0.05, 0.1) is 6.42 Å². The fourth-order valence-corrected chi connectivity index (χ4v) is 2.76. The topological polar surface area (TPSA) is 108 Å². The van der Waals surface area contributed by atoms with Crippen LogP contribution in [0.4, 0.5) is 0 Å². The van der Waals surface area contributed by atoms with E-state index < -0.39 is 12.0 Å². The lowest BCUT2D eigenvalue weighted by atomic mass is 10.1. The Hall–Kier alpha value is -2.64. The predicted molar refractivity (Wildman–Crippen MR) is 81.2 cm³/mol. The number of carboxylic acid groups (broad SMARTS) is 1. The van der Waals surface area contributed by atoms with Gasteiger partial charge in [-0.05, 0) is 26.7 Å². The first-order chi connectivity index (χ1) is 10.9. The number of hydrogen-bond acceptors (Lipinski definition) is 4. The predicted octanol–water partition coefficient (Wildman–Crippen LogP) is 0.338. The number of aryl methyl sites for hydroxylation is 1. The molecule has 0 radical (unpaired) electrons. The summed E-state index contributed by atoms with van der Waals surface area (Å²) in [6.07, 6.45) is 3.05. The van der Waals surface area contributed by atoms with Crippen LogP contribution in [0.3, 0.4) is 0 Å². The number of aromatic amines is 1. The highest BCUT2D eigenvalue weighted by Gasteiger charge is 2.38. The molecule has 3 rings (SSSR count). The van der Waals surface area contributed by atoms with Crippen LogP contribution in [-0.4, -0.2) is 48.6 Å². The van der Waals surface area contributed by atoms with Gasteiger partial charge in [-0.15, -0.1) is 0 Å². The van der Waals surface area contributed by atoms with E-state index in [1.165, 1.54) is 16.3 Å². The van der Waals surface area contributed by atoms with Crippen molar-refractivity contribution in [3.63, 3.8) is 0 Å². The molecule has 1 amide bonds. The Labute approximate surface area is 131 Å². The number of aromatic nitrogens is 3. The first kappa shape index (κ1) is 15.3. The van der Waals surface area contributed by atoms with Crippen molar-refractivity contribution in [3.05, 3.63) is 33.9 Å². The lowest BCUT2D eigenvalue weighted by Crippen LogP contribution is -2.46. The Morgan fingerprint density at radius 3 is 2.83 bits per heavy atom. The smallest absolute Gasteiger partial charge is 0.326 e. The van der Waals surface area contributed by atoms with Gasteiger partial charge < -0.3 is 10.0 Å². The van der Waals surface area contributed by atoms with Crippen molar-refractivity contribution in [3.8, 4) is 0 Å². The third kappa shape index (κ3) is 2.71. The molecule has 1 aliphatic rings. The standard InChI is InChI=1S/C15H18N4O4/c1-8-11(14(21)19-12(17-8)5-6-16-19)7-13(20)18(10-3-4-10)9(2)15(22)23/h5-6,9-10,16H,3-4,7H2,1-2H3,(H,22,23). The number of H-pyrrole nitrogens is 1. The van der Waals surface area contributed by atoms with Crippen LogP contribution in [0.25, 0.3) is 5.65 Å². The largest absolute Gasteiger partial charge is 0.480 e. The third-order valence-corrected chi connectivity index (χ3v) is 4.18. The molecule has 8 nitrogen and oxygen atoms in total. The zero-order chi connectivity index (χ0) is 16.7. The van der Waals surface area contributed by atoms with Gasteiger partial charge in [0.2, 0.25) is 5.91 Å². The summed E-state index contributed by atoms with van der Waals surface area (Å²) in [5.74, 6) is -1.40. The molecule has 2 heterocycles. The Morgan fingerprint density at radius 2 is 2.22 bits per heavy atom. The van der Waals surface area contributed by atoms with Crippen LogP contribution in [0.15, 0.2) is 17.1 Å². The summed E-state index contributed by atoms with van der Waals surface area (Å²) in [4.78, 5) is 42.0. The molecular formula is C15H18N4O4. The maximum atomic E-state index is 12.6. The summed E-state index contributed by atoms with van der Waals surface area (Å²) in [5, 5.41) is 11.9. The van der Waals surface area contributed by atoms with Crippen molar-refractivity contribution in [2.24, 2.45) is 0 Å². The molecule has 1 unspecified atom stereocenters. The summed E-state index contributed by atoms with van der Waals surface area (Å²) >= 11 is 0. The van der Waals surface area contributed by atoms with Crippen LogP contribution < -0.4 is 5.56 Å². The summed E-state index contributed by atoms with van der Waals surface area (Å²) in [5.41, 5.74) is 0.936. The normalized spacial score (nSPS) is 15.6. The van der Waals surface area contributed by atoms with Gasteiger partial charge in [0.1, 0.15) is 6.04 Å². The van der Waals surface area contributed by atoms with E-state index in [0.717, 1.165) is 12.8 Å². The highest BCUT2D eigenvalue weighted by Crippen LogP contribution is 2.29. The maximum Gasteiger partial charge on any atom is 0.326 e. The van der Waals surface area contributed by atoms with E-state index in [1.54, 1.807) is 19.2 Å². The van der Waals surface area contributed by atoms with E-state index in [4.69, 9.17) is 0 Å². The van der Waals surface area contributed by atoms with Gasteiger partial charge in [-0.25, -0.2) is 14.3 Å². The van der Waals surface area contributed by atoms with E-state index in [9.17, 15) is 19.5 Å². The molecule has 0 aromatic carbocycles. The average molecular weight is 318 g/mol. The zero-order valence-corrected chi connectivity index (χ0v) is 12.9. The summed E-state index contributed by atoms with van der Waals surface area (Å²) in [7, 11) is 0. The quantitative estimate of drug-likeness (QED) is 0.826. The van der Waals surface area contributed by atoms with Crippen LogP contribution in [0.5, 0.6) is 0 Å². The second-order valence-corrected chi connectivity index (χ2v) is 5.86. The van der Waals surface area contributed by atoms with Gasteiger partial charge >= 0.3 is 5.97 Å². The number of fused-ring (bicyclic) bond motifs is 1. The number of aliphatic carboxylic acids is 1. The number of nitrogens with one attached hydrogen (secondary N) is 1. The SMILES string of the molecule is Cc1nc2cc[nH]n2c(=O)c1CC(=O)N(C1CC1)C(C)C(=O)O. The van der Waals surface area contributed by atoms with Gasteiger partial charge in [0, 0.05) is 29.6 Å². The van der Waals surface area contributed by atoms with E-state index >= 15 is 0 Å². The first-order valence-electron chi connectivity index (χ1n) is 7.49. The molecule has 1 fully saturated rings. The lowest BCUT2D eigenvalue weighted by Gasteiger charge is -2.26. The third-order valence-electron chi connectivity index (χ3n) is 4.18. The molecule has 1 aliphatic carbocycles. The van der Waals surface area contributed by atoms with E-state index in [-0.39, 0.29) is 29.5 Å². The van der Waals surface area contributed by atoms with Crippen molar-refractivity contribution >= 4 is 17.5 Å². The molecule has 0 aliphatic heterocycles. The number of nitrogens with zero attached hydrogens (tertiary/aromatic N) is 3. The van der Waals surface area contributed by atoms with Crippen LogP contribution in [-0.2, 0) is 16.0 Å². The number of hydrogen-bond donors (Lipinski definition) is 2. The lowest BCUT2D eigenvalue weighted by molar-refractivity contribution is -0.149. The van der Waals surface area contributed by atoms with Crippen molar-refractivity contribution in [2.75, 3.05) is 0 Å². The van der Waals surface area contributed by atoms with Gasteiger partial charge in [-0.1, -0.05) is 0 Å². The van der Waals surface area contributed by atoms with Crippen molar-refractivity contribution in [2.45, 2.75) is 45.2 Å². The van der Waals surface area contributed by atoms with E-state index in [0.29, 0.717) is 11.3 Å². The molecule has 2 aromatic rings. The van der Waals surface area contributed by atoms with Gasteiger partial charge in [-0.3, -0.25) is 14.7 Å². The number of rotatable bonds is 5. The zero-order valence-electron chi connectivity index (χ0n) is 12.9. The molecule has 2 aromatic heterocycles. The summed E-state index contributed by atoms with van der Waals surface area (Å²) in [6.45, 7) is 3.17. The Bertz CT molecular complexity index is 834. The van der Waals surface area contributed by atoms with Gasteiger partial charge in [0.15, 0.2) is 5.65 Å². The molecule has 122 valence electrons. The molecule has 8 heteroatoms. The minimum absolute atomic E-state index is 0.0427. The molecule has 0 saturated heterocycles. The maximum absolute atomic E-state index is 12.6. The van der Waals surface area contributed by atoms with Crippen LogP contribution in [0.1, 0.15) is 31.0 Å². The number of amides is 1. The van der Waals surface area contributed by atoms with Crippen LogP contribution >= 0.6 is 0 Å². The Balaban J connectivity index is 1.93. The van der Waals surface area contributed by atoms with Crippen molar-refractivity contribution in [1.29, 1.82) is 0 Å². The Morgan fingerprint density at radius 1 is 1.52 bits per heavy atom. The van der Waals surface area contributed by atoms with Gasteiger partial charge in [0.25, 0.3) is 5.56 Å². The number of carbonyl (C=O) groups is 2. The second kappa shape index (κ2) is 5.53. The monoisotopic (exact) mass is 318 g/mol. The fourth-order valence-electron chi connectivity index (χ4n) is 2.76. The molecule has 1 saturated carbocycles. The fraction of sp³-hybridized carbons (Fsp3) is 0.467. The summed E-state index contributed by atoms with van der Waals surface area (Å²) < 4.78 is 1.28. The average Bonchev–Trinajstić information content (AvgIpc) is 3.20. The number of carbonyl (C=O) groups excluding carboxylic acids is 1. The van der Waals surface area contributed by atoms with Crippen LogP contribution in [0, 0.1) is 6.92 Å². The van der Waals surface area contributed by atoms with Crippen LogP contribution in [0.2, 0.25) is 0 Å². The summed E-state index contributed by atoms with van der Waals surface area (Å²) in [6, 6.07) is 0.724. The van der Waals surface area contributed by atoms with Gasteiger partial charge in [-0.2, -0.15) is 0 Å². The minimum Gasteiger partial charge on any atom is -0.480 e. The molecule has 2 N–H and O–H groups in total. The number of carboxylic acids is 1.